The highest BCUT2D eigenvalue weighted by molar-refractivity contribution is 5.91. The molecule has 0 aliphatic carbocycles. The topological polar surface area (TPSA) is 73.6 Å². The molecule has 0 aromatic heterocycles. The maximum absolute atomic E-state index is 10.5. The summed E-state index contributed by atoms with van der Waals surface area (Å²) in [5.41, 5.74) is -0.264. The first-order valence-corrected chi connectivity index (χ1v) is 4.57. The van der Waals surface area contributed by atoms with Crippen molar-refractivity contribution in [2.75, 3.05) is 26.3 Å². The van der Waals surface area contributed by atoms with Gasteiger partial charge in [0.2, 0.25) is 0 Å². The van der Waals surface area contributed by atoms with Gasteiger partial charge in [-0.1, -0.05) is 0 Å². The smallest absolute Gasteiger partial charge is 0.346 e. The molecule has 1 aliphatic heterocycles. The first kappa shape index (κ1) is 11.3. The summed E-state index contributed by atoms with van der Waals surface area (Å²) in [7, 11) is 0. The van der Waals surface area contributed by atoms with Gasteiger partial charge in [0.15, 0.2) is 0 Å². The van der Waals surface area contributed by atoms with E-state index in [1.165, 1.54) is 6.08 Å². The highest BCUT2D eigenvalue weighted by Gasteiger charge is 2.05. The lowest BCUT2D eigenvalue weighted by atomic mass is 10.3. The molecule has 0 unspecified atom stereocenters. The largest absolute Gasteiger partial charge is 0.477 e. The Morgan fingerprint density at radius 1 is 1.47 bits per heavy atom. The number of carbonyl (C=O) groups is 1. The number of rotatable bonds is 3. The highest BCUT2D eigenvalue weighted by Crippen LogP contribution is 1.99. The summed E-state index contributed by atoms with van der Waals surface area (Å²) in [5.74, 6) is -1.20. The van der Waals surface area contributed by atoms with Crippen LogP contribution in [0, 0.1) is 11.3 Å². The second-order valence-corrected chi connectivity index (χ2v) is 2.99. The fraction of sp³-hybridized carbons (Fsp3) is 0.400. The van der Waals surface area contributed by atoms with Gasteiger partial charge in [-0.15, -0.1) is 0 Å². The van der Waals surface area contributed by atoms with Crippen LogP contribution >= 0.6 is 0 Å². The number of aliphatic carboxylic acids is 1. The average molecular weight is 208 g/mol. The molecule has 15 heavy (non-hydrogen) atoms. The summed E-state index contributed by atoms with van der Waals surface area (Å²) in [4.78, 5) is 12.5. The number of carboxylic acid groups (broad SMARTS) is 1. The van der Waals surface area contributed by atoms with Crippen LogP contribution in [0.2, 0.25) is 0 Å². The van der Waals surface area contributed by atoms with Gasteiger partial charge in [0.1, 0.15) is 11.6 Å². The van der Waals surface area contributed by atoms with Crippen LogP contribution < -0.4 is 0 Å². The third kappa shape index (κ3) is 3.83. The molecule has 1 N–H and O–H groups in total. The molecular weight excluding hydrogens is 196 g/mol. The lowest BCUT2D eigenvalue weighted by Crippen LogP contribution is -2.31. The van der Waals surface area contributed by atoms with Crippen LogP contribution in [0.15, 0.2) is 23.9 Å². The van der Waals surface area contributed by atoms with Crippen LogP contribution in [0.4, 0.5) is 0 Å². The van der Waals surface area contributed by atoms with Crippen LogP contribution in [-0.4, -0.2) is 42.3 Å². The third-order valence-corrected chi connectivity index (χ3v) is 1.96. The summed E-state index contributed by atoms with van der Waals surface area (Å²) < 4.78 is 5.15. The van der Waals surface area contributed by atoms with Crippen molar-refractivity contribution in [2.45, 2.75) is 0 Å². The normalized spacial score (nSPS) is 17.8. The van der Waals surface area contributed by atoms with Crippen LogP contribution in [-0.2, 0) is 9.53 Å². The van der Waals surface area contributed by atoms with Crippen molar-refractivity contribution >= 4 is 5.97 Å². The zero-order valence-electron chi connectivity index (χ0n) is 8.22. The Balaban J connectivity index is 2.50. The molecule has 1 heterocycles. The second-order valence-electron chi connectivity index (χ2n) is 2.99. The predicted molar refractivity (Wildman–Crippen MR) is 52.9 cm³/mol. The van der Waals surface area contributed by atoms with Crippen LogP contribution in [0.1, 0.15) is 0 Å². The Bertz CT molecular complexity index is 322. The molecule has 0 aromatic rings. The van der Waals surface area contributed by atoms with Gasteiger partial charge in [0.05, 0.1) is 13.2 Å². The lowest BCUT2D eigenvalue weighted by molar-refractivity contribution is -0.132. The van der Waals surface area contributed by atoms with Crippen LogP contribution in [0.5, 0.6) is 0 Å². The minimum Gasteiger partial charge on any atom is -0.477 e. The maximum atomic E-state index is 10.5. The molecule has 5 heteroatoms. The molecule has 1 aliphatic rings. The average Bonchev–Trinajstić information content (AvgIpc) is 2.25. The quantitative estimate of drug-likeness (QED) is 0.412. The summed E-state index contributed by atoms with van der Waals surface area (Å²) in [6.45, 7) is 2.94. The van der Waals surface area contributed by atoms with E-state index in [-0.39, 0.29) is 5.57 Å². The number of hydrogen-bond acceptors (Lipinski definition) is 4. The number of morpholine rings is 1. The van der Waals surface area contributed by atoms with Crippen molar-refractivity contribution in [1.82, 2.24) is 4.90 Å². The Labute approximate surface area is 87.9 Å². The molecule has 1 fully saturated rings. The van der Waals surface area contributed by atoms with Crippen molar-refractivity contribution in [3.8, 4) is 6.07 Å². The van der Waals surface area contributed by atoms with Crippen molar-refractivity contribution in [2.24, 2.45) is 0 Å². The van der Waals surface area contributed by atoms with Gasteiger partial charge >= 0.3 is 5.97 Å². The van der Waals surface area contributed by atoms with Crippen LogP contribution in [0.3, 0.4) is 0 Å². The number of ether oxygens (including phenoxy) is 1. The second kappa shape index (κ2) is 5.83. The van der Waals surface area contributed by atoms with Gasteiger partial charge < -0.3 is 14.7 Å². The summed E-state index contributed by atoms with van der Waals surface area (Å²) in [5, 5.41) is 17.0. The van der Waals surface area contributed by atoms with Gasteiger partial charge in [-0.05, 0) is 18.4 Å². The lowest BCUT2D eigenvalue weighted by Gasteiger charge is -2.24. The molecule has 1 saturated heterocycles. The Morgan fingerprint density at radius 3 is 2.67 bits per heavy atom. The number of nitriles is 1. The third-order valence-electron chi connectivity index (χ3n) is 1.96. The molecular formula is C10H12N2O3. The van der Waals surface area contributed by atoms with E-state index in [0.29, 0.717) is 13.2 Å². The minimum atomic E-state index is -1.20. The zero-order valence-corrected chi connectivity index (χ0v) is 8.22. The molecule has 0 saturated carbocycles. The first-order chi connectivity index (χ1) is 7.24. The fourth-order valence-electron chi connectivity index (χ4n) is 1.14. The SMILES string of the molecule is N#C/C(=C\C=C\N1CCOCC1)C(=O)O. The van der Waals surface area contributed by atoms with E-state index >= 15 is 0 Å². The molecule has 0 bridgehead atoms. The van der Waals surface area contributed by atoms with Crippen LogP contribution in [0.25, 0.3) is 0 Å². The molecule has 0 amide bonds. The van der Waals surface area contributed by atoms with Gasteiger partial charge in [-0.3, -0.25) is 0 Å². The minimum absolute atomic E-state index is 0.264. The van der Waals surface area contributed by atoms with Gasteiger partial charge in [0, 0.05) is 13.1 Å². The molecule has 1 rings (SSSR count). The molecule has 0 spiro atoms. The van der Waals surface area contributed by atoms with Crippen molar-refractivity contribution in [1.29, 1.82) is 5.26 Å². The molecule has 0 radical (unpaired) electrons. The monoisotopic (exact) mass is 208 g/mol. The fourth-order valence-corrected chi connectivity index (χ4v) is 1.14. The number of allylic oxidation sites excluding steroid dienone is 2. The van der Waals surface area contributed by atoms with Crippen molar-refractivity contribution in [3.63, 3.8) is 0 Å². The Kier molecular flexibility index (Phi) is 4.38. The summed E-state index contributed by atoms with van der Waals surface area (Å²) in [6, 6.07) is 1.61. The van der Waals surface area contributed by atoms with Gasteiger partial charge in [-0.2, -0.15) is 5.26 Å². The molecule has 0 atom stereocenters. The van der Waals surface area contributed by atoms with E-state index in [9.17, 15) is 4.79 Å². The van der Waals surface area contributed by atoms with Gasteiger partial charge in [-0.25, -0.2) is 4.79 Å². The standard InChI is InChI=1S/C10H12N2O3/c11-8-9(10(13)14)2-1-3-12-4-6-15-7-5-12/h1-3H,4-7H2,(H,13,14)/b3-1+,9-2+. The molecule has 0 aromatic carbocycles. The summed E-state index contributed by atoms with van der Waals surface area (Å²) in [6.07, 6.45) is 4.62. The Hall–Kier alpha value is -1.80. The number of hydrogen-bond donors (Lipinski definition) is 1. The number of carboxylic acids is 1. The van der Waals surface area contributed by atoms with Gasteiger partial charge in [0.25, 0.3) is 0 Å². The number of nitrogens with zero attached hydrogens (tertiary/aromatic N) is 2. The van der Waals surface area contributed by atoms with E-state index in [1.54, 1.807) is 18.3 Å². The summed E-state index contributed by atoms with van der Waals surface area (Å²) >= 11 is 0. The molecule has 5 nitrogen and oxygen atoms in total. The maximum Gasteiger partial charge on any atom is 0.346 e. The van der Waals surface area contributed by atoms with E-state index in [1.807, 2.05) is 4.90 Å². The van der Waals surface area contributed by atoms with Crippen molar-refractivity contribution < 1.29 is 14.6 Å². The highest BCUT2D eigenvalue weighted by atomic mass is 16.5. The predicted octanol–water partition coefficient (Wildman–Crippen LogP) is 0.367. The zero-order chi connectivity index (χ0) is 11.1. The van der Waals surface area contributed by atoms with E-state index in [4.69, 9.17) is 15.1 Å². The van der Waals surface area contributed by atoms with E-state index in [0.717, 1.165) is 13.1 Å². The van der Waals surface area contributed by atoms with E-state index in [2.05, 4.69) is 0 Å². The van der Waals surface area contributed by atoms with Crippen molar-refractivity contribution in [3.05, 3.63) is 23.9 Å². The first-order valence-electron chi connectivity index (χ1n) is 4.57. The van der Waals surface area contributed by atoms with E-state index < -0.39 is 5.97 Å². The Morgan fingerprint density at radius 2 is 2.13 bits per heavy atom. The molecule has 80 valence electrons.